The molecule has 0 atom stereocenters. The van der Waals surface area contributed by atoms with Crippen molar-refractivity contribution >= 4 is 19.1 Å². The molecule has 0 aliphatic heterocycles. The molecule has 26 heavy (non-hydrogen) atoms. The number of hydrogen-bond acceptors (Lipinski definition) is 0. The molecule has 4 heteroatoms. The van der Waals surface area contributed by atoms with Crippen LogP contribution in [0.3, 0.4) is 0 Å². The number of rotatable bonds is 2. The van der Waals surface area contributed by atoms with Gasteiger partial charge in [0.2, 0.25) is 0 Å². The summed E-state index contributed by atoms with van der Waals surface area (Å²) in [4.78, 5) is 0. The zero-order valence-electron chi connectivity index (χ0n) is 13.8. The van der Waals surface area contributed by atoms with Crippen molar-refractivity contribution in [2.24, 2.45) is 0 Å². The predicted octanol–water partition coefficient (Wildman–Crippen LogP) is 7.52. The van der Waals surface area contributed by atoms with Crippen molar-refractivity contribution in [3.63, 3.8) is 0 Å². The van der Waals surface area contributed by atoms with E-state index in [1.807, 2.05) is 12.1 Å². The van der Waals surface area contributed by atoms with Gasteiger partial charge in [0.1, 0.15) is 0 Å². The molecule has 0 aliphatic carbocycles. The fraction of sp³-hybridized carbons (Fsp3) is 0. The molecule has 0 unspecified atom stereocenters. The Hall–Kier alpha value is -1.10. The van der Waals surface area contributed by atoms with Crippen molar-refractivity contribution in [1.82, 2.24) is 0 Å². The van der Waals surface area contributed by atoms with Crippen LogP contribution in [-0.4, -0.2) is 0 Å². The minimum atomic E-state index is -0.106. The van der Waals surface area contributed by atoms with Crippen LogP contribution >= 0.6 is 19.1 Å². The van der Waals surface area contributed by atoms with Crippen LogP contribution in [0.5, 0.6) is 0 Å². The van der Waals surface area contributed by atoms with Crippen LogP contribution in [0, 0.1) is 0 Å². The topological polar surface area (TPSA) is 0 Å². The van der Waals surface area contributed by atoms with E-state index in [1.54, 1.807) is 0 Å². The van der Waals surface area contributed by atoms with Crippen molar-refractivity contribution in [2.45, 2.75) is 0 Å². The van der Waals surface area contributed by atoms with Crippen LogP contribution in [0.25, 0.3) is 22.3 Å². The van der Waals surface area contributed by atoms with Crippen molar-refractivity contribution < 1.29 is 33.0 Å². The first kappa shape index (κ1) is 22.9. The van der Waals surface area contributed by atoms with Gasteiger partial charge in [-0.05, 0) is 0 Å². The molecular weight excluding hydrogens is 497 g/mol. The van der Waals surface area contributed by atoms with Gasteiger partial charge in [-0.1, -0.05) is 47.5 Å². The largest absolute Gasteiger partial charge is 2.00 e. The van der Waals surface area contributed by atoms with Gasteiger partial charge in [-0.25, -0.2) is 0 Å². The van der Waals surface area contributed by atoms with Crippen LogP contribution in [0.15, 0.2) is 109 Å². The van der Waals surface area contributed by atoms with Gasteiger partial charge in [0.25, 0.3) is 0 Å². The molecule has 4 aromatic carbocycles. The summed E-state index contributed by atoms with van der Waals surface area (Å²) in [6, 6.07) is 37.5. The van der Waals surface area contributed by atoms with Gasteiger partial charge in [-0.2, -0.15) is 24.3 Å². The van der Waals surface area contributed by atoms with Crippen LogP contribution in [-0.2, 0) is 33.0 Å². The monoisotopic (exact) mass is 514 g/mol. The second-order valence-corrected chi connectivity index (χ2v) is 7.48. The molecule has 0 radical (unpaired) electrons. The molecule has 4 rings (SSSR count). The Labute approximate surface area is 182 Å². The predicted molar refractivity (Wildman–Crippen MR) is 107 cm³/mol. The minimum absolute atomic E-state index is 0. The summed E-state index contributed by atoms with van der Waals surface area (Å²) < 4.78 is 0. The van der Waals surface area contributed by atoms with Gasteiger partial charge in [0.15, 0.2) is 0 Å². The molecule has 0 heterocycles. The first-order valence-electron chi connectivity index (χ1n) is 7.72. The fourth-order valence-corrected chi connectivity index (χ4v) is 2.39. The van der Waals surface area contributed by atoms with E-state index in [0.29, 0.717) is 0 Å². The molecule has 0 aliphatic rings. The molecule has 138 valence electrons. The molecule has 0 bridgehead atoms. The van der Waals surface area contributed by atoms with Crippen molar-refractivity contribution in [2.75, 3.05) is 0 Å². The summed E-state index contributed by atoms with van der Waals surface area (Å²) in [6.45, 7) is 0. The van der Waals surface area contributed by atoms with E-state index in [4.69, 9.17) is 19.1 Å². The van der Waals surface area contributed by atoms with Gasteiger partial charge in [-0.3, -0.25) is 0 Å². The standard InChI is InChI=1S/2C11H9.2ClH.Fe.Pd/c2*1-2-6-10(7-3-1)11-8-4-5-9-11;;;;/h2*1-9H;2*1H;;/q2*-1;;;2*+2/p-2. The van der Waals surface area contributed by atoms with E-state index in [2.05, 4.69) is 97.1 Å². The second-order valence-electron chi connectivity index (χ2n) is 5.12. The summed E-state index contributed by atoms with van der Waals surface area (Å²) in [5.41, 5.74) is 5.17. The smallest absolute Gasteiger partial charge is 0.152 e. The minimum Gasteiger partial charge on any atom is -0.152 e. The number of halogens is 2. The van der Waals surface area contributed by atoms with Crippen molar-refractivity contribution in [3.05, 3.63) is 109 Å². The van der Waals surface area contributed by atoms with E-state index >= 15 is 0 Å². The molecule has 0 N–H and O–H groups in total. The Morgan fingerprint density at radius 1 is 0.500 bits per heavy atom. The van der Waals surface area contributed by atoms with Crippen LogP contribution in [0.4, 0.5) is 0 Å². The van der Waals surface area contributed by atoms with Crippen LogP contribution < -0.4 is 0 Å². The van der Waals surface area contributed by atoms with Crippen molar-refractivity contribution in [3.8, 4) is 22.3 Å². The van der Waals surface area contributed by atoms with Gasteiger partial charge >= 0.3 is 52.1 Å². The maximum absolute atomic E-state index is 4.81. The normalized spacial score (nSPS) is 9.15. The third-order valence-corrected chi connectivity index (χ3v) is 3.54. The third-order valence-electron chi connectivity index (χ3n) is 3.54. The quantitative estimate of drug-likeness (QED) is 0.191. The summed E-state index contributed by atoms with van der Waals surface area (Å²) in [5.74, 6) is 0. The maximum atomic E-state index is 4.81. The molecule has 0 saturated heterocycles. The van der Waals surface area contributed by atoms with Gasteiger partial charge < -0.3 is 0 Å². The molecule has 0 nitrogen and oxygen atoms in total. The van der Waals surface area contributed by atoms with Crippen LogP contribution in [0.2, 0.25) is 0 Å². The Bertz CT molecular complexity index is 713. The van der Waals surface area contributed by atoms with Crippen LogP contribution in [0.1, 0.15) is 0 Å². The molecule has 0 aromatic heterocycles. The molecule has 0 spiro atoms. The molecule has 0 fully saturated rings. The Balaban J connectivity index is 0.000000219. The first-order chi connectivity index (χ1) is 12.3. The first-order valence-corrected chi connectivity index (χ1v) is 11.7. The second kappa shape index (κ2) is 14.0. The molecular formula is C22H18Cl2FePd. The molecule has 0 saturated carbocycles. The van der Waals surface area contributed by atoms with E-state index in [9.17, 15) is 0 Å². The van der Waals surface area contributed by atoms with E-state index in [-0.39, 0.29) is 33.0 Å². The zero-order valence-corrected chi connectivity index (χ0v) is 18.0. The summed E-state index contributed by atoms with van der Waals surface area (Å²) in [5, 5.41) is 0. The molecule has 4 aromatic rings. The Morgan fingerprint density at radius 2 is 0.769 bits per heavy atom. The van der Waals surface area contributed by atoms with E-state index in [0.717, 1.165) is 0 Å². The maximum Gasteiger partial charge on any atom is 2.00 e. The number of hydrogen-bond donors (Lipinski definition) is 0. The average molecular weight is 516 g/mol. The summed E-state index contributed by atoms with van der Waals surface area (Å²) in [7, 11) is 9.63. The molecule has 0 amide bonds. The number of benzene rings is 2. The average Bonchev–Trinajstić information content (AvgIpc) is 3.39. The Morgan fingerprint density at radius 3 is 1.04 bits per heavy atom. The Kier molecular flexibility index (Phi) is 12.4. The SMILES string of the molecule is [Cl][Pd][Cl].[Fe+2].c1ccc(-[c-]2cccc2)cc1.c1ccc(-[c-]2cccc2)cc1. The van der Waals surface area contributed by atoms with E-state index < -0.39 is 0 Å². The summed E-state index contributed by atoms with van der Waals surface area (Å²) in [6.07, 6.45) is 0. The van der Waals surface area contributed by atoms with E-state index in [1.165, 1.54) is 22.3 Å². The van der Waals surface area contributed by atoms with Gasteiger partial charge in [-0.15, -0.1) is 59.7 Å². The summed E-state index contributed by atoms with van der Waals surface area (Å²) >= 11 is -0.106. The third kappa shape index (κ3) is 8.07. The van der Waals surface area contributed by atoms with Crippen molar-refractivity contribution in [1.29, 1.82) is 0 Å². The van der Waals surface area contributed by atoms with Gasteiger partial charge in [0.05, 0.1) is 0 Å². The zero-order chi connectivity index (χ0) is 17.7. The van der Waals surface area contributed by atoms with Gasteiger partial charge in [0, 0.05) is 0 Å². The fourth-order valence-electron chi connectivity index (χ4n) is 2.39.